The van der Waals surface area contributed by atoms with Gasteiger partial charge in [-0.1, -0.05) is 17.7 Å². The Labute approximate surface area is 124 Å². The van der Waals surface area contributed by atoms with Gasteiger partial charge in [-0.15, -0.1) is 11.3 Å². The van der Waals surface area contributed by atoms with Crippen LogP contribution in [0.2, 0.25) is 0 Å². The third-order valence-electron chi connectivity index (χ3n) is 2.54. The summed E-state index contributed by atoms with van der Waals surface area (Å²) in [5.74, 6) is -0.196. The fourth-order valence-electron chi connectivity index (χ4n) is 1.55. The van der Waals surface area contributed by atoms with Gasteiger partial charge in [-0.05, 0) is 54.0 Å². The predicted molar refractivity (Wildman–Crippen MR) is 82.9 cm³/mol. The summed E-state index contributed by atoms with van der Waals surface area (Å²) in [6.45, 7) is 3.82. The van der Waals surface area contributed by atoms with Crippen molar-refractivity contribution in [3.05, 3.63) is 56.2 Å². The number of carbonyl (C=O) groups excluding carboxylic acids is 1. The number of nitrogens with one attached hydrogen (secondary N) is 1. The van der Waals surface area contributed by atoms with Crippen LogP contribution in [0, 0.1) is 6.92 Å². The molecule has 0 fully saturated rings. The minimum Gasteiger partial charge on any atom is -0.267 e. The lowest BCUT2D eigenvalue weighted by atomic mass is 10.1. The van der Waals surface area contributed by atoms with E-state index in [1.165, 1.54) is 0 Å². The maximum Gasteiger partial charge on any atom is 0.271 e. The van der Waals surface area contributed by atoms with Gasteiger partial charge in [0.05, 0.1) is 14.4 Å². The number of amides is 1. The summed E-state index contributed by atoms with van der Waals surface area (Å²) in [7, 11) is 0. The molecule has 0 saturated heterocycles. The second-order valence-corrected chi connectivity index (χ2v) is 6.57. The molecule has 0 aliphatic heterocycles. The molecule has 0 saturated carbocycles. The molecule has 0 aliphatic rings. The van der Waals surface area contributed by atoms with E-state index in [0.29, 0.717) is 5.56 Å². The van der Waals surface area contributed by atoms with E-state index in [2.05, 4.69) is 26.5 Å². The van der Waals surface area contributed by atoms with Gasteiger partial charge in [-0.2, -0.15) is 5.10 Å². The van der Waals surface area contributed by atoms with Crippen molar-refractivity contribution in [3.8, 4) is 0 Å². The Morgan fingerprint density at radius 2 is 2.11 bits per heavy atom. The topological polar surface area (TPSA) is 41.5 Å². The first-order chi connectivity index (χ1) is 9.06. The average Bonchev–Trinajstić information content (AvgIpc) is 2.82. The Hall–Kier alpha value is -1.46. The van der Waals surface area contributed by atoms with Crippen molar-refractivity contribution in [3.63, 3.8) is 0 Å². The molecule has 98 valence electrons. The largest absolute Gasteiger partial charge is 0.271 e. The molecule has 3 nitrogen and oxygen atoms in total. The van der Waals surface area contributed by atoms with Crippen molar-refractivity contribution in [2.24, 2.45) is 5.10 Å². The normalized spacial score (nSPS) is 11.4. The van der Waals surface area contributed by atoms with Crippen LogP contribution >= 0.6 is 27.3 Å². The molecule has 2 aromatic rings. The third-order valence-corrected chi connectivity index (χ3v) is 4.27. The lowest BCUT2D eigenvalue weighted by molar-refractivity contribution is 0.0955. The molecule has 19 heavy (non-hydrogen) atoms. The van der Waals surface area contributed by atoms with Crippen LogP contribution in [-0.4, -0.2) is 11.6 Å². The monoisotopic (exact) mass is 336 g/mol. The highest BCUT2D eigenvalue weighted by Crippen LogP contribution is 2.22. The zero-order chi connectivity index (χ0) is 13.8. The summed E-state index contributed by atoms with van der Waals surface area (Å²) < 4.78 is 1.04. The Balaban J connectivity index is 2.07. The molecule has 0 radical (unpaired) electrons. The molecule has 1 heterocycles. The second kappa shape index (κ2) is 6.12. The highest BCUT2D eigenvalue weighted by molar-refractivity contribution is 9.11. The molecular formula is C14H13BrN2OS. The molecule has 5 heteroatoms. The van der Waals surface area contributed by atoms with Crippen LogP contribution in [0.5, 0.6) is 0 Å². The van der Waals surface area contributed by atoms with Crippen molar-refractivity contribution >= 4 is 38.9 Å². The number of thiophene rings is 1. The molecule has 0 atom stereocenters. The van der Waals surface area contributed by atoms with Crippen LogP contribution in [0.1, 0.15) is 27.7 Å². The highest BCUT2D eigenvalue weighted by atomic mass is 79.9. The SMILES string of the molecule is CC(=NNC(=O)c1cccc(C)c1)c1ccc(Br)s1. The summed E-state index contributed by atoms with van der Waals surface area (Å²) >= 11 is 4.98. The quantitative estimate of drug-likeness (QED) is 0.668. The number of hydrogen-bond donors (Lipinski definition) is 1. The number of benzene rings is 1. The van der Waals surface area contributed by atoms with Crippen molar-refractivity contribution in [1.82, 2.24) is 5.43 Å². The minimum atomic E-state index is -0.196. The molecule has 1 N–H and O–H groups in total. The van der Waals surface area contributed by atoms with Crippen LogP contribution in [0.15, 0.2) is 45.3 Å². The van der Waals surface area contributed by atoms with E-state index in [1.54, 1.807) is 17.4 Å². The van der Waals surface area contributed by atoms with E-state index in [-0.39, 0.29) is 5.91 Å². The fourth-order valence-corrected chi connectivity index (χ4v) is 2.88. The van der Waals surface area contributed by atoms with Crippen molar-refractivity contribution in [1.29, 1.82) is 0 Å². The van der Waals surface area contributed by atoms with Gasteiger partial charge >= 0.3 is 0 Å². The molecule has 1 aromatic carbocycles. The number of carbonyl (C=O) groups is 1. The number of hydrazone groups is 1. The Kier molecular flexibility index (Phi) is 4.50. The van der Waals surface area contributed by atoms with E-state index in [1.807, 2.05) is 44.2 Å². The maximum absolute atomic E-state index is 11.9. The summed E-state index contributed by atoms with van der Waals surface area (Å²) in [6, 6.07) is 11.3. The summed E-state index contributed by atoms with van der Waals surface area (Å²) in [5.41, 5.74) is 5.03. The number of hydrogen-bond acceptors (Lipinski definition) is 3. The summed E-state index contributed by atoms with van der Waals surface area (Å²) in [4.78, 5) is 12.9. The fraction of sp³-hybridized carbons (Fsp3) is 0.143. The van der Waals surface area contributed by atoms with E-state index in [9.17, 15) is 4.79 Å². The second-order valence-electron chi connectivity index (χ2n) is 4.11. The molecule has 1 amide bonds. The van der Waals surface area contributed by atoms with Gasteiger partial charge in [0.15, 0.2) is 0 Å². The van der Waals surface area contributed by atoms with Crippen LogP contribution in [0.25, 0.3) is 0 Å². The minimum absolute atomic E-state index is 0.196. The standard InChI is InChI=1S/C14H13BrN2OS/c1-9-4-3-5-11(8-9)14(18)17-16-10(2)12-6-7-13(15)19-12/h3-8H,1-2H3,(H,17,18). The maximum atomic E-state index is 11.9. The van der Waals surface area contributed by atoms with Gasteiger partial charge in [0.2, 0.25) is 0 Å². The molecule has 0 spiro atoms. The first-order valence-electron chi connectivity index (χ1n) is 5.73. The number of halogens is 1. The Morgan fingerprint density at radius 1 is 1.32 bits per heavy atom. The zero-order valence-corrected chi connectivity index (χ0v) is 13.0. The van der Waals surface area contributed by atoms with E-state index >= 15 is 0 Å². The summed E-state index contributed by atoms with van der Waals surface area (Å²) in [6.07, 6.45) is 0. The number of aryl methyl sites for hydroxylation is 1. The number of rotatable bonds is 3. The molecule has 1 aromatic heterocycles. The van der Waals surface area contributed by atoms with Gasteiger partial charge in [-0.3, -0.25) is 4.79 Å². The molecule has 0 aliphatic carbocycles. The zero-order valence-electron chi connectivity index (χ0n) is 10.6. The van der Waals surface area contributed by atoms with Crippen molar-refractivity contribution < 1.29 is 4.79 Å². The first kappa shape index (κ1) is 14.0. The predicted octanol–water partition coefficient (Wildman–Crippen LogP) is 3.97. The van der Waals surface area contributed by atoms with Crippen LogP contribution in [-0.2, 0) is 0 Å². The molecule has 0 unspecified atom stereocenters. The van der Waals surface area contributed by atoms with Gasteiger partial charge in [0, 0.05) is 5.56 Å². The summed E-state index contributed by atoms with van der Waals surface area (Å²) in [5, 5.41) is 4.12. The van der Waals surface area contributed by atoms with Crippen LogP contribution in [0.4, 0.5) is 0 Å². The van der Waals surface area contributed by atoms with Gasteiger partial charge in [0.1, 0.15) is 0 Å². The van der Waals surface area contributed by atoms with Crippen molar-refractivity contribution in [2.75, 3.05) is 0 Å². The molecular weight excluding hydrogens is 324 g/mol. The van der Waals surface area contributed by atoms with Crippen LogP contribution < -0.4 is 5.43 Å². The smallest absolute Gasteiger partial charge is 0.267 e. The Morgan fingerprint density at radius 3 is 2.74 bits per heavy atom. The van der Waals surface area contributed by atoms with Crippen molar-refractivity contribution in [2.45, 2.75) is 13.8 Å². The third kappa shape index (κ3) is 3.75. The highest BCUT2D eigenvalue weighted by Gasteiger charge is 2.05. The molecule has 2 rings (SSSR count). The van der Waals surface area contributed by atoms with Gasteiger partial charge in [0.25, 0.3) is 5.91 Å². The van der Waals surface area contributed by atoms with E-state index in [0.717, 1.165) is 19.9 Å². The van der Waals surface area contributed by atoms with E-state index < -0.39 is 0 Å². The molecule has 0 bridgehead atoms. The van der Waals surface area contributed by atoms with Gasteiger partial charge < -0.3 is 0 Å². The lowest BCUT2D eigenvalue weighted by Crippen LogP contribution is -2.19. The lowest BCUT2D eigenvalue weighted by Gasteiger charge is -2.02. The Bertz CT molecular complexity index is 634. The van der Waals surface area contributed by atoms with Gasteiger partial charge in [-0.25, -0.2) is 5.43 Å². The first-order valence-corrected chi connectivity index (χ1v) is 7.34. The number of nitrogens with zero attached hydrogens (tertiary/aromatic N) is 1. The van der Waals surface area contributed by atoms with Crippen LogP contribution in [0.3, 0.4) is 0 Å². The van der Waals surface area contributed by atoms with E-state index in [4.69, 9.17) is 0 Å². The average molecular weight is 337 g/mol.